The average Bonchev–Trinajstić information content (AvgIpc) is 3.33. The SMILES string of the molecule is Cc1ccc(-c2ncc(-c3nc4ccccc4o3)n2C2CCCCC2)cc1. The molecule has 5 rings (SSSR count). The number of aromatic nitrogens is 3. The van der Waals surface area contributed by atoms with E-state index < -0.39 is 0 Å². The van der Waals surface area contributed by atoms with E-state index in [1.54, 1.807) is 0 Å². The van der Waals surface area contributed by atoms with Gasteiger partial charge < -0.3 is 8.98 Å². The lowest BCUT2D eigenvalue weighted by Crippen LogP contribution is -2.15. The summed E-state index contributed by atoms with van der Waals surface area (Å²) in [5.41, 5.74) is 5.09. The van der Waals surface area contributed by atoms with Crippen molar-refractivity contribution >= 4 is 11.1 Å². The highest BCUT2D eigenvalue weighted by Crippen LogP contribution is 2.37. The van der Waals surface area contributed by atoms with Crippen LogP contribution in [-0.4, -0.2) is 14.5 Å². The van der Waals surface area contributed by atoms with Gasteiger partial charge in [0.1, 0.15) is 17.0 Å². The van der Waals surface area contributed by atoms with Gasteiger partial charge in [-0.25, -0.2) is 9.97 Å². The van der Waals surface area contributed by atoms with Crippen LogP contribution in [-0.2, 0) is 0 Å². The molecule has 1 aliphatic rings. The minimum atomic E-state index is 0.447. The van der Waals surface area contributed by atoms with Gasteiger partial charge in [-0.3, -0.25) is 0 Å². The summed E-state index contributed by atoms with van der Waals surface area (Å²) < 4.78 is 8.45. The quantitative estimate of drug-likeness (QED) is 0.440. The van der Waals surface area contributed by atoms with Crippen molar-refractivity contribution in [2.45, 2.75) is 45.1 Å². The van der Waals surface area contributed by atoms with Crippen LogP contribution < -0.4 is 0 Å². The first kappa shape index (κ1) is 16.3. The van der Waals surface area contributed by atoms with Crippen LogP contribution in [0.3, 0.4) is 0 Å². The normalized spacial score (nSPS) is 15.4. The number of aryl methyl sites for hydroxylation is 1. The van der Waals surface area contributed by atoms with Crippen LogP contribution in [0.15, 0.2) is 59.1 Å². The molecule has 0 unspecified atom stereocenters. The molecule has 0 spiro atoms. The first-order valence-corrected chi connectivity index (χ1v) is 9.80. The van der Waals surface area contributed by atoms with E-state index in [2.05, 4.69) is 35.8 Å². The van der Waals surface area contributed by atoms with Gasteiger partial charge in [0.2, 0.25) is 5.89 Å². The highest BCUT2D eigenvalue weighted by Gasteiger charge is 2.25. The van der Waals surface area contributed by atoms with E-state index in [-0.39, 0.29) is 0 Å². The Balaban J connectivity index is 1.67. The van der Waals surface area contributed by atoms with E-state index in [0.717, 1.165) is 28.2 Å². The lowest BCUT2D eigenvalue weighted by molar-refractivity contribution is 0.356. The van der Waals surface area contributed by atoms with Crippen molar-refractivity contribution in [3.8, 4) is 23.0 Å². The number of fused-ring (bicyclic) bond motifs is 1. The molecular formula is C23H23N3O. The van der Waals surface area contributed by atoms with Gasteiger partial charge in [-0.2, -0.15) is 0 Å². The summed E-state index contributed by atoms with van der Waals surface area (Å²) in [6.45, 7) is 2.11. The average molecular weight is 357 g/mol. The van der Waals surface area contributed by atoms with E-state index in [0.29, 0.717) is 11.9 Å². The molecule has 4 heteroatoms. The van der Waals surface area contributed by atoms with E-state index >= 15 is 0 Å². The molecule has 0 N–H and O–H groups in total. The molecule has 2 aromatic carbocycles. The Morgan fingerprint density at radius 1 is 0.963 bits per heavy atom. The monoisotopic (exact) mass is 357 g/mol. The molecule has 1 saturated carbocycles. The van der Waals surface area contributed by atoms with Crippen molar-refractivity contribution in [3.05, 3.63) is 60.3 Å². The van der Waals surface area contributed by atoms with Crippen LogP contribution in [0.2, 0.25) is 0 Å². The maximum atomic E-state index is 6.08. The fourth-order valence-corrected chi connectivity index (χ4v) is 4.13. The van der Waals surface area contributed by atoms with Crippen molar-refractivity contribution in [2.75, 3.05) is 0 Å². The predicted octanol–water partition coefficient (Wildman–Crippen LogP) is 6.17. The molecule has 1 fully saturated rings. The smallest absolute Gasteiger partial charge is 0.245 e. The van der Waals surface area contributed by atoms with E-state index in [4.69, 9.17) is 14.4 Å². The first-order chi connectivity index (χ1) is 13.3. The number of benzene rings is 2. The van der Waals surface area contributed by atoms with Gasteiger partial charge in [0.25, 0.3) is 0 Å². The zero-order valence-electron chi connectivity index (χ0n) is 15.6. The Bertz CT molecular complexity index is 1040. The van der Waals surface area contributed by atoms with Crippen molar-refractivity contribution in [1.82, 2.24) is 14.5 Å². The maximum Gasteiger partial charge on any atom is 0.245 e. The molecule has 4 nitrogen and oxygen atoms in total. The van der Waals surface area contributed by atoms with Crippen LogP contribution in [0.5, 0.6) is 0 Å². The third-order valence-corrected chi connectivity index (χ3v) is 5.56. The number of nitrogens with zero attached hydrogens (tertiary/aromatic N) is 3. The first-order valence-electron chi connectivity index (χ1n) is 9.80. The second kappa shape index (κ2) is 6.69. The summed E-state index contributed by atoms with van der Waals surface area (Å²) in [6, 6.07) is 17.0. The van der Waals surface area contributed by atoms with Crippen molar-refractivity contribution in [1.29, 1.82) is 0 Å². The zero-order valence-corrected chi connectivity index (χ0v) is 15.6. The van der Waals surface area contributed by atoms with Gasteiger partial charge in [0, 0.05) is 11.6 Å². The number of oxazole rings is 1. The predicted molar refractivity (Wildman–Crippen MR) is 108 cm³/mol. The maximum absolute atomic E-state index is 6.08. The summed E-state index contributed by atoms with van der Waals surface area (Å²) in [7, 11) is 0. The molecule has 0 saturated heterocycles. The topological polar surface area (TPSA) is 43.9 Å². The van der Waals surface area contributed by atoms with Gasteiger partial charge in [-0.05, 0) is 31.9 Å². The van der Waals surface area contributed by atoms with Crippen LogP contribution in [0.4, 0.5) is 0 Å². The fourth-order valence-electron chi connectivity index (χ4n) is 4.13. The van der Waals surface area contributed by atoms with Crippen molar-refractivity contribution in [3.63, 3.8) is 0 Å². The lowest BCUT2D eigenvalue weighted by Gasteiger charge is -2.26. The number of imidazole rings is 1. The second-order valence-electron chi connectivity index (χ2n) is 7.48. The molecular weight excluding hydrogens is 334 g/mol. The highest BCUT2D eigenvalue weighted by atomic mass is 16.3. The van der Waals surface area contributed by atoms with Crippen molar-refractivity contribution < 1.29 is 4.42 Å². The Kier molecular flexibility index (Phi) is 4.04. The molecule has 0 aliphatic heterocycles. The molecule has 4 aromatic rings. The van der Waals surface area contributed by atoms with E-state index in [1.165, 1.54) is 37.7 Å². The van der Waals surface area contributed by atoms with Gasteiger partial charge in [0.15, 0.2) is 5.58 Å². The zero-order chi connectivity index (χ0) is 18.2. The second-order valence-corrected chi connectivity index (χ2v) is 7.48. The standard InChI is InChI=1S/C23H23N3O/c1-16-11-13-17(14-12-16)22-24-15-20(26(22)18-7-3-2-4-8-18)23-25-19-9-5-6-10-21(19)27-23/h5-6,9-15,18H,2-4,7-8H2,1H3. The van der Waals surface area contributed by atoms with Gasteiger partial charge in [0.05, 0.1) is 6.20 Å². The van der Waals surface area contributed by atoms with Gasteiger partial charge in [-0.15, -0.1) is 0 Å². The minimum Gasteiger partial charge on any atom is -0.435 e. The van der Waals surface area contributed by atoms with Gasteiger partial charge >= 0.3 is 0 Å². The number of para-hydroxylation sites is 2. The molecule has 27 heavy (non-hydrogen) atoms. The van der Waals surface area contributed by atoms with Crippen LogP contribution >= 0.6 is 0 Å². The molecule has 136 valence electrons. The fraction of sp³-hybridized carbons (Fsp3) is 0.304. The number of hydrogen-bond acceptors (Lipinski definition) is 3. The Hall–Kier alpha value is -2.88. The molecule has 0 radical (unpaired) electrons. The molecule has 0 atom stereocenters. The minimum absolute atomic E-state index is 0.447. The summed E-state index contributed by atoms with van der Waals surface area (Å²) >= 11 is 0. The van der Waals surface area contributed by atoms with Crippen molar-refractivity contribution in [2.24, 2.45) is 0 Å². The Morgan fingerprint density at radius 3 is 2.52 bits per heavy atom. The summed E-state index contributed by atoms with van der Waals surface area (Å²) in [6.07, 6.45) is 8.15. The molecule has 0 amide bonds. The Morgan fingerprint density at radius 2 is 1.74 bits per heavy atom. The van der Waals surface area contributed by atoms with E-state index in [1.807, 2.05) is 30.5 Å². The van der Waals surface area contributed by atoms with Gasteiger partial charge in [-0.1, -0.05) is 61.2 Å². The summed E-state index contributed by atoms with van der Waals surface area (Å²) in [4.78, 5) is 9.53. The van der Waals surface area contributed by atoms with Crippen LogP contribution in [0.1, 0.15) is 43.7 Å². The highest BCUT2D eigenvalue weighted by molar-refractivity contribution is 5.76. The summed E-state index contributed by atoms with van der Waals surface area (Å²) in [5.74, 6) is 1.67. The summed E-state index contributed by atoms with van der Waals surface area (Å²) in [5, 5.41) is 0. The van der Waals surface area contributed by atoms with E-state index in [9.17, 15) is 0 Å². The molecule has 2 aromatic heterocycles. The Labute approximate surface area is 158 Å². The number of rotatable bonds is 3. The molecule has 2 heterocycles. The van der Waals surface area contributed by atoms with Crippen LogP contribution in [0.25, 0.3) is 34.1 Å². The third-order valence-electron chi connectivity index (χ3n) is 5.56. The number of hydrogen-bond donors (Lipinski definition) is 0. The largest absolute Gasteiger partial charge is 0.435 e. The van der Waals surface area contributed by atoms with Crippen LogP contribution in [0, 0.1) is 6.92 Å². The molecule has 0 bridgehead atoms. The lowest BCUT2D eigenvalue weighted by atomic mass is 9.94. The third kappa shape index (κ3) is 2.95. The molecule has 1 aliphatic carbocycles.